The van der Waals surface area contributed by atoms with Gasteiger partial charge in [0.2, 0.25) is 0 Å². The molecule has 0 unspecified atom stereocenters. The molecule has 0 saturated heterocycles. The van der Waals surface area contributed by atoms with E-state index in [2.05, 4.69) is 0 Å². The van der Waals surface area contributed by atoms with Gasteiger partial charge < -0.3 is 14.7 Å². The molecule has 0 bridgehead atoms. The van der Waals surface area contributed by atoms with Gasteiger partial charge in [-0.2, -0.15) is 0 Å². The van der Waals surface area contributed by atoms with Crippen LogP contribution in [0, 0.1) is 0 Å². The van der Waals surface area contributed by atoms with Crippen molar-refractivity contribution in [2.24, 2.45) is 0 Å². The van der Waals surface area contributed by atoms with E-state index < -0.39 is 0 Å². The highest BCUT2D eigenvalue weighted by Gasteiger charge is 2.26. The molecular weight excluding hydrogens is 266 g/mol. The lowest BCUT2D eigenvalue weighted by Crippen LogP contribution is -2.42. The van der Waals surface area contributed by atoms with Gasteiger partial charge in [0.25, 0.3) is 0 Å². The lowest BCUT2D eigenvalue weighted by Gasteiger charge is -2.33. The minimum absolute atomic E-state index is 0.106. The average molecular weight is 291 g/mol. The van der Waals surface area contributed by atoms with Crippen molar-refractivity contribution in [1.29, 1.82) is 0 Å². The highest BCUT2D eigenvalue weighted by atomic mass is 16.6. The van der Waals surface area contributed by atoms with Crippen molar-refractivity contribution < 1.29 is 14.6 Å². The first kappa shape index (κ1) is 15.8. The van der Waals surface area contributed by atoms with E-state index in [0.717, 1.165) is 18.4 Å². The van der Waals surface area contributed by atoms with E-state index in [1.54, 1.807) is 0 Å². The summed E-state index contributed by atoms with van der Waals surface area (Å²) < 4.78 is 5.45. The van der Waals surface area contributed by atoms with Crippen LogP contribution >= 0.6 is 0 Å². The molecule has 0 aliphatic heterocycles. The molecule has 116 valence electrons. The van der Waals surface area contributed by atoms with Crippen LogP contribution in [0.2, 0.25) is 0 Å². The fourth-order valence-corrected chi connectivity index (χ4v) is 2.86. The van der Waals surface area contributed by atoms with Gasteiger partial charge in [0, 0.05) is 19.2 Å². The smallest absolute Gasteiger partial charge is 0.410 e. The fourth-order valence-electron chi connectivity index (χ4n) is 2.86. The maximum atomic E-state index is 12.3. The van der Waals surface area contributed by atoms with E-state index in [1.165, 1.54) is 19.3 Å². The van der Waals surface area contributed by atoms with Crippen molar-refractivity contribution in [1.82, 2.24) is 4.90 Å². The van der Waals surface area contributed by atoms with Crippen LogP contribution in [0.5, 0.6) is 0 Å². The van der Waals surface area contributed by atoms with Gasteiger partial charge in [-0.15, -0.1) is 0 Å². The highest BCUT2D eigenvalue weighted by Crippen LogP contribution is 2.23. The molecule has 4 nitrogen and oxygen atoms in total. The predicted octanol–water partition coefficient (Wildman–Crippen LogP) is 3.34. The minimum atomic E-state index is -0.251. The summed E-state index contributed by atoms with van der Waals surface area (Å²) >= 11 is 0. The van der Waals surface area contributed by atoms with Gasteiger partial charge in [-0.05, 0) is 24.8 Å². The number of hydrogen-bond donors (Lipinski definition) is 1. The molecule has 0 spiro atoms. The summed E-state index contributed by atoms with van der Waals surface area (Å²) in [6.07, 6.45) is 6.05. The number of aliphatic hydroxyl groups excluding tert-OH is 1. The molecular formula is C17H25NO3. The average Bonchev–Trinajstić information content (AvgIpc) is 2.55. The predicted molar refractivity (Wildman–Crippen MR) is 81.9 cm³/mol. The quantitative estimate of drug-likeness (QED) is 0.874. The van der Waals surface area contributed by atoms with Crippen molar-refractivity contribution in [2.75, 3.05) is 13.2 Å². The molecule has 0 aromatic heterocycles. The number of benzene rings is 1. The van der Waals surface area contributed by atoms with Crippen LogP contribution in [0.1, 0.15) is 44.1 Å². The van der Waals surface area contributed by atoms with Crippen LogP contribution in [0.15, 0.2) is 30.3 Å². The SMILES string of the molecule is O=C(OCc1ccccc1)N(CCCO)C1CCCCC1. The third kappa shape index (κ3) is 5.05. The second kappa shape index (κ2) is 8.67. The Hall–Kier alpha value is -1.55. The molecule has 1 aliphatic carbocycles. The first-order valence-electron chi connectivity index (χ1n) is 7.89. The third-order valence-electron chi connectivity index (χ3n) is 4.01. The van der Waals surface area contributed by atoms with Crippen LogP contribution in [0.25, 0.3) is 0 Å². The number of hydrogen-bond acceptors (Lipinski definition) is 3. The molecule has 1 saturated carbocycles. The second-order valence-corrected chi connectivity index (χ2v) is 5.60. The first-order chi connectivity index (χ1) is 10.3. The maximum Gasteiger partial charge on any atom is 0.410 e. The van der Waals surface area contributed by atoms with Crippen molar-refractivity contribution in [3.8, 4) is 0 Å². The molecule has 2 rings (SSSR count). The Labute approximate surface area is 126 Å². The number of carbonyl (C=O) groups is 1. The molecule has 4 heteroatoms. The molecule has 0 heterocycles. The first-order valence-corrected chi connectivity index (χ1v) is 7.89. The van der Waals surface area contributed by atoms with Crippen molar-refractivity contribution in [3.63, 3.8) is 0 Å². The fraction of sp³-hybridized carbons (Fsp3) is 0.588. The number of ether oxygens (including phenoxy) is 1. The number of carbonyl (C=O) groups excluding carboxylic acids is 1. The van der Waals surface area contributed by atoms with Gasteiger partial charge in [-0.1, -0.05) is 49.6 Å². The van der Waals surface area contributed by atoms with E-state index in [4.69, 9.17) is 9.84 Å². The van der Waals surface area contributed by atoms with Gasteiger partial charge in [-0.3, -0.25) is 0 Å². The molecule has 1 aromatic carbocycles. The van der Waals surface area contributed by atoms with E-state index in [9.17, 15) is 4.79 Å². The Balaban J connectivity index is 1.90. The molecule has 1 fully saturated rings. The van der Waals surface area contributed by atoms with Crippen LogP contribution in [0.3, 0.4) is 0 Å². The molecule has 1 aliphatic rings. The van der Waals surface area contributed by atoms with E-state index >= 15 is 0 Å². The summed E-state index contributed by atoms with van der Waals surface area (Å²) in [6.45, 7) is 0.992. The van der Waals surface area contributed by atoms with Gasteiger partial charge in [0.1, 0.15) is 6.61 Å². The normalized spacial score (nSPS) is 15.7. The number of rotatable bonds is 6. The van der Waals surface area contributed by atoms with Gasteiger partial charge in [0.15, 0.2) is 0 Å². The van der Waals surface area contributed by atoms with Gasteiger partial charge >= 0.3 is 6.09 Å². The topological polar surface area (TPSA) is 49.8 Å². The van der Waals surface area contributed by atoms with Crippen molar-refractivity contribution in [3.05, 3.63) is 35.9 Å². The maximum absolute atomic E-state index is 12.3. The molecule has 1 N–H and O–H groups in total. The highest BCUT2D eigenvalue weighted by molar-refractivity contribution is 5.68. The van der Waals surface area contributed by atoms with Crippen molar-refractivity contribution in [2.45, 2.75) is 51.2 Å². The number of aliphatic hydroxyl groups is 1. The van der Waals surface area contributed by atoms with Crippen LogP contribution in [0.4, 0.5) is 4.79 Å². The Morgan fingerprint density at radius 1 is 1.19 bits per heavy atom. The van der Waals surface area contributed by atoms with Gasteiger partial charge in [-0.25, -0.2) is 4.79 Å². The minimum Gasteiger partial charge on any atom is -0.445 e. The summed E-state index contributed by atoms with van der Waals surface area (Å²) in [5, 5.41) is 9.02. The lowest BCUT2D eigenvalue weighted by molar-refractivity contribution is 0.0688. The molecule has 0 radical (unpaired) electrons. The summed E-state index contributed by atoms with van der Waals surface area (Å²) in [5.41, 5.74) is 0.997. The van der Waals surface area contributed by atoms with E-state index in [1.807, 2.05) is 35.2 Å². The summed E-state index contributed by atoms with van der Waals surface area (Å²) in [4.78, 5) is 14.2. The zero-order chi connectivity index (χ0) is 14.9. The zero-order valence-corrected chi connectivity index (χ0v) is 12.5. The molecule has 21 heavy (non-hydrogen) atoms. The molecule has 1 amide bonds. The van der Waals surface area contributed by atoms with Crippen LogP contribution < -0.4 is 0 Å². The Kier molecular flexibility index (Phi) is 6.54. The van der Waals surface area contributed by atoms with Crippen LogP contribution in [-0.2, 0) is 11.3 Å². The Morgan fingerprint density at radius 2 is 1.90 bits per heavy atom. The van der Waals surface area contributed by atoms with E-state index in [-0.39, 0.29) is 18.7 Å². The van der Waals surface area contributed by atoms with Crippen LogP contribution in [-0.4, -0.2) is 35.3 Å². The zero-order valence-electron chi connectivity index (χ0n) is 12.5. The number of nitrogens with zero attached hydrogens (tertiary/aromatic N) is 1. The lowest BCUT2D eigenvalue weighted by atomic mass is 9.94. The summed E-state index contributed by atoms with van der Waals surface area (Å²) in [6, 6.07) is 9.99. The van der Waals surface area contributed by atoms with Gasteiger partial charge in [0.05, 0.1) is 0 Å². The molecule has 1 aromatic rings. The Morgan fingerprint density at radius 3 is 2.57 bits per heavy atom. The largest absolute Gasteiger partial charge is 0.445 e. The monoisotopic (exact) mass is 291 g/mol. The summed E-state index contributed by atoms with van der Waals surface area (Å²) in [7, 11) is 0. The second-order valence-electron chi connectivity index (χ2n) is 5.60. The number of amides is 1. The summed E-state index contributed by atoms with van der Waals surface area (Å²) in [5.74, 6) is 0. The Bertz CT molecular complexity index is 415. The third-order valence-corrected chi connectivity index (χ3v) is 4.01. The van der Waals surface area contributed by atoms with E-state index in [0.29, 0.717) is 19.6 Å². The standard InChI is InChI=1S/C17H25NO3/c19-13-7-12-18(16-10-5-2-6-11-16)17(20)21-14-15-8-3-1-4-9-15/h1,3-4,8-9,16,19H,2,5-7,10-14H2. The molecule has 0 atom stereocenters. The van der Waals surface area contributed by atoms with Crippen molar-refractivity contribution >= 4 is 6.09 Å².